The number of amides is 1. The Labute approximate surface area is 192 Å². The lowest BCUT2D eigenvalue weighted by Gasteiger charge is -2.17. The Morgan fingerprint density at radius 3 is 2.76 bits per heavy atom. The number of Topliss-reactive ketones (excluding diaryl/α,β-unsaturated/α-hetero) is 1. The van der Waals surface area contributed by atoms with Gasteiger partial charge in [0.15, 0.2) is 11.9 Å². The molecule has 0 radical (unpaired) electrons. The average molecular weight is 471 g/mol. The van der Waals surface area contributed by atoms with Crippen LogP contribution in [-0.2, 0) is 20.0 Å². The van der Waals surface area contributed by atoms with E-state index >= 15 is 0 Å². The van der Waals surface area contributed by atoms with Crippen LogP contribution in [0.4, 0.5) is 10.5 Å². The topological polar surface area (TPSA) is 131 Å². The van der Waals surface area contributed by atoms with E-state index in [1.54, 1.807) is 35.2 Å². The van der Waals surface area contributed by atoms with Crippen LogP contribution >= 0.6 is 11.8 Å². The van der Waals surface area contributed by atoms with Crippen molar-refractivity contribution in [2.75, 3.05) is 18.5 Å². The number of benzene rings is 1. The van der Waals surface area contributed by atoms with Gasteiger partial charge in [-0.1, -0.05) is 11.8 Å². The van der Waals surface area contributed by atoms with Crippen LogP contribution in [0.25, 0.3) is 0 Å². The number of carbonyl (C=O) groups is 2. The Hall–Kier alpha value is -3.22. The summed E-state index contributed by atoms with van der Waals surface area (Å²) in [6, 6.07) is 10.1. The molecule has 4 unspecified atom stereocenters. The van der Waals surface area contributed by atoms with Gasteiger partial charge in [0.1, 0.15) is 24.0 Å². The van der Waals surface area contributed by atoms with Gasteiger partial charge in [-0.25, -0.2) is 9.48 Å². The smallest absolute Gasteiger partial charge is 0.412 e. The van der Waals surface area contributed by atoms with Gasteiger partial charge in [0.05, 0.1) is 25.2 Å². The Kier molecular flexibility index (Phi) is 6.11. The number of nitrogens with one attached hydrogen (secondary N) is 1. The molecule has 1 aromatic carbocycles. The first-order chi connectivity index (χ1) is 16.1. The van der Waals surface area contributed by atoms with E-state index in [0.717, 1.165) is 5.76 Å². The van der Waals surface area contributed by atoms with Gasteiger partial charge in [0.25, 0.3) is 0 Å². The maximum absolute atomic E-state index is 12.4. The van der Waals surface area contributed by atoms with Crippen molar-refractivity contribution in [1.29, 1.82) is 0 Å². The van der Waals surface area contributed by atoms with E-state index in [-0.39, 0.29) is 24.5 Å². The summed E-state index contributed by atoms with van der Waals surface area (Å²) < 4.78 is 24.4. The fraction of sp³-hybridized carbons (Fsp3) is 0.381. The normalized spacial score (nSPS) is 23.9. The predicted octanol–water partition coefficient (Wildman–Crippen LogP) is 2.72. The summed E-state index contributed by atoms with van der Waals surface area (Å²) in [4.78, 5) is 23.8. The average Bonchev–Trinajstić information content (AvgIpc) is 3.59. The summed E-state index contributed by atoms with van der Waals surface area (Å²) in [5, 5.41) is 15.3. The van der Waals surface area contributed by atoms with Crippen LogP contribution in [0.2, 0.25) is 0 Å². The van der Waals surface area contributed by atoms with Gasteiger partial charge in [-0.05, 0) is 53.7 Å². The van der Waals surface area contributed by atoms with Crippen molar-refractivity contribution < 1.29 is 28.2 Å². The molecule has 2 aliphatic heterocycles. The van der Waals surface area contributed by atoms with Crippen molar-refractivity contribution in [3.05, 3.63) is 54.0 Å². The van der Waals surface area contributed by atoms with Crippen LogP contribution < -0.4 is 5.32 Å². The number of hydrogen-bond acceptors (Lipinski definition) is 10. The lowest BCUT2D eigenvalue weighted by atomic mass is 10.1. The maximum Gasteiger partial charge on any atom is 0.412 e. The Bertz CT molecular complexity index is 1120. The summed E-state index contributed by atoms with van der Waals surface area (Å²) in [6.45, 7) is 2.03. The van der Waals surface area contributed by atoms with Gasteiger partial charge in [-0.3, -0.25) is 10.1 Å². The van der Waals surface area contributed by atoms with E-state index in [2.05, 4.69) is 20.8 Å². The minimum absolute atomic E-state index is 0.0451. The second-order valence-electron chi connectivity index (χ2n) is 7.64. The summed E-state index contributed by atoms with van der Waals surface area (Å²) in [5.74, 6) is 1.37. The highest BCUT2D eigenvalue weighted by Crippen LogP contribution is 2.37. The van der Waals surface area contributed by atoms with Crippen LogP contribution in [0, 0.1) is 0 Å². The Morgan fingerprint density at radius 2 is 2.00 bits per heavy atom. The highest BCUT2D eigenvalue weighted by molar-refractivity contribution is 7.98. The van der Waals surface area contributed by atoms with Crippen molar-refractivity contribution in [3.8, 4) is 0 Å². The van der Waals surface area contributed by atoms with E-state index in [1.165, 1.54) is 18.7 Å². The van der Waals surface area contributed by atoms with Gasteiger partial charge < -0.3 is 18.6 Å². The van der Waals surface area contributed by atoms with Crippen molar-refractivity contribution >= 4 is 29.3 Å². The standard InChI is InChI=1S/C21H21N5O6S/c1-12(27)13-4-6-14(7-5-13)22-21(28)32-17-10-31-18-16(9-30-19(17)18)26-20(23-24-25-26)33-11-15-3-2-8-29-15/h2-8,16-19H,9-11H2,1H3,(H,22,28). The molecule has 2 fully saturated rings. The predicted molar refractivity (Wildman–Crippen MR) is 115 cm³/mol. The van der Waals surface area contributed by atoms with Crippen molar-refractivity contribution in [2.24, 2.45) is 0 Å². The number of nitrogens with zero attached hydrogens (tertiary/aromatic N) is 4. The number of carbonyl (C=O) groups excluding carboxylic acids is 2. The molecular weight excluding hydrogens is 450 g/mol. The molecule has 4 atom stereocenters. The van der Waals surface area contributed by atoms with Crippen LogP contribution in [0.15, 0.2) is 52.2 Å². The minimum Gasteiger partial charge on any atom is -0.468 e. The van der Waals surface area contributed by atoms with E-state index in [4.69, 9.17) is 18.6 Å². The molecule has 33 heavy (non-hydrogen) atoms. The fourth-order valence-corrected chi connectivity index (χ4v) is 4.68. The van der Waals surface area contributed by atoms with Gasteiger partial charge in [0.2, 0.25) is 5.16 Å². The lowest BCUT2D eigenvalue weighted by Crippen LogP contribution is -2.35. The zero-order chi connectivity index (χ0) is 22.8. The number of hydrogen-bond donors (Lipinski definition) is 1. The number of ketones is 1. The maximum atomic E-state index is 12.4. The van der Waals surface area contributed by atoms with E-state index in [0.29, 0.717) is 28.8 Å². The second-order valence-corrected chi connectivity index (χ2v) is 8.58. The van der Waals surface area contributed by atoms with E-state index < -0.39 is 18.3 Å². The molecule has 2 aromatic heterocycles. The quantitative estimate of drug-likeness (QED) is 0.405. The van der Waals surface area contributed by atoms with Crippen molar-refractivity contribution in [1.82, 2.24) is 20.2 Å². The van der Waals surface area contributed by atoms with Crippen molar-refractivity contribution in [3.63, 3.8) is 0 Å². The van der Waals surface area contributed by atoms with Crippen LogP contribution in [0.1, 0.15) is 29.1 Å². The van der Waals surface area contributed by atoms with Gasteiger partial charge in [0, 0.05) is 11.3 Å². The van der Waals surface area contributed by atoms with Gasteiger partial charge in [-0.2, -0.15) is 0 Å². The molecule has 1 N–H and O–H groups in total. The van der Waals surface area contributed by atoms with E-state index in [9.17, 15) is 9.59 Å². The highest BCUT2D eigenvalue weighted by atomic mass is 32.2. The molecule has 3 aromatic rings. The van der Waals surface area contributed by atoms with Gasteiger partial charge >= 0.3 is 6.09 Å². The molecule has 0 aliphatic carbocycles. The zero-order valence-electron chi connectivity index (χ0n) is 17.6. The highest BCUT2D eigenvalue weighted by Gasteiger charge is 2.51. The molecule has 12 heteroatoms. The monoisotopic (exact) mass is 471 g/mol. The summed E-state index contributed by atoms with van der Waals surface area (Å²) >= 11 is 1.45. The number of aromatic nitrogens is 4. The number of thioether (sulfide) groups is 1. The second kappa shape index (κ2) is 9.33. The summed E-state index contributed by atoms with van der Waals surface area (Å²) in [7, 11) is 0. The SMILES string of the molecule is CC(=O)c1ccc(NC(=O)OC2COC3C2OCC3n2nnnc2SCc2ccco2)cc1. The molecule has 172 valence electrons. The summed E-state index contributed by atoms with van der Waals surface area (Å²) in [6.07, 6.45) is -0.328. The first-order valence-corrected chi connectivity index (χ1v) is 11.3. The minimum atomic E-state index is -0.621. The largest absolute Gasteiger partial charge is 0.468 e. The third kappa shape index (κ3) is 4.63. The Balaban J connectivity index is 1.18. The first-order valence-electron chi connectivity index (χ1n) is 10.3. The Morgan fingerprint density at radius 1 is 1.18 bits per heavy atom. The van der Waals surface area contributed by atoms with Crippen molar-refractivity contribution in [2.45, 2.75) is 42.2 Å². The third-order valence-corrected chi connectivity index (χ3v) is 6.43. The molecule has 0 spiro atoms. The van der Waals surface area contributed by atoms with Gasteiger partial charge in [-0.15, -0.1) is 5.10 Å². The number of furan rings is 1. The molecule has 5 rings (SSSR count). The molecule has 0 bridgehead atoms. The fourth-order valence-electron chi connectivity index (χ4n) is 3.85. The zero-order valence-corrected chi connectivity index (χ0v) is 18.4. The number of anilines is 1. The molecule has 2 aliphatic rings. The molecule has 2 saturated heterocycles. The molecule has 0 saturated carbocycles. The molecular formula is C21H21N5O6S. The molecule has 1 amide bonds. The summed E-state index contributed by atoms with van der Waals surface area (Å²) in [5.41, 5.74) is 1.09. The molecule has 4 heterocycles. The lowest BCUT2D eigenvalue weighted by molar-refractivity contribution is 0.00751. The van der Waals surface area contributed by atoms with E-state index in [1.807, 2.05) is 12.1 Å². The van der Waals surface area contributed by atoms with Crippen LogP contribution in [0.5, 0.6) is 0 Å². The van der Waals surface area contributed by atoms with Crippen LogP contribution in [-0.4, -0.2) is 63.6 Å². The number of tetrazole rings is 1. The number of fused-ring (bicyclic) bond motifs is 1. The first kappa shape index (κ1) is 21.6. The third-order valence-electron chi connectivity index (χ3n) is 5.48. The number of rotatable bonds is 7. The van der Waals surface area contributed by atoms with Crippen LogP contribution in [0.3, 0.4) is 0 Å². The number of ether oxygens (including phenoxy) is 3. The molecule has 11 nitrogen and oxygen atoms in total.